The molecule has 0 saturated carbocycles. The van der Waals surface area contributed by atoms with E-state index in [0.29, 0.717) is 35.5 Å². The van der Waals surface area contributed by atoms with Crippen molar-refractivity contribution in [1.29, 1.82) is 0 Å². The standard InChI is InChI=1S/C20H18FN5O2S/c21-16-5-1-3-13(9-16)18-23-20(28-25-18)14-4-2-7-26(10-14)11-17-22-19(24-27-17)15-6-8-29-12-15/h1,3,5-6,8-9,12,14H,2,4,7,10-11H2. The van der Waals surface area contributed by atoms with Crippen LogP contribution < -0.4 is 0 Å². The van der Waals surface area contributed by atoms with Crippen molar-refractivity contribution in [3.05, 3.63) is 58.7 Å². The van der Waals surface area contributed by atoms with Crippen molar-refractivity contribution in [3.8, 4) is 22.8 Å². The SMILES string of the molecule is Fc1cccc(-c2noc(C3CCCN(Cc4nc(-c5ccsc5)no4)C3)n2)c1. The maximum Gasteiger partial charge on any atom is 0.241 e. The molecule has 7 nitrogen and oxygen atoms in total. The molecule has 148 valence electrons. The maximum atomic E-state index is 13.5. The van der Waals surface area contributed by atoms with Gasteiger partial charge in [0.25, 0.3) is 0 Å². The van der Waals surface area contributed by atoms with E-state index < -0.39 is 0 Å². The predicted molar refractivity (Wildman–Crippen MR) is 105 cm³/mol. The number of halogens is 1. The molecular weight excluding hydrogens is 393 g/mol. The van der Waals surface area contributed by atoms with Crippen molar-refractivity contribution < 1.29 is 13.4 Å². The molecule has 4 aromatic rings. The van der Waals surface area contributed by atoms with Crippen LogP contribution >= 0.6 is 11.3 Å². The minimum atomic E-state index is -0.320. The van der Waals surface area contributed by atoms with Crippen LogP contribution in [0.5, 0.6) is 0 Å². The molecule has 1 aliphatic heterocycles. The number of hydrogen-bond donors (Lipinski definition) is 0. The van der Waals surface area contributed by atoms with Crippen LogP contribution in [-0.4, -0.2) is 38.3 Å². The molecule has 1 unspecified atom stereocenters. The van der Waals surface area contributed by atoms with Gasteiger partial charge in [0.15, 0.2) is 0 Å². The largest absolute Gasteiger partial charge is 0.339 e. The third-order valence-corrected chi connectivity index (χ3v) is 5.67. The Balaban J connectivity index is 1.26. The first-order chi connectivity index (χ1) is 14.2. The lowest BCUT2D eigenvalue weighted by molar-refractivity contribution is 0.162. The Morgan fingerprint density at radius 3 is 2.86 bits per heavy atom. The topological polar surface area (TPSA) is 81.1 Å². The Hall–Kier alpha value is -2.91. The van der Waals surface area contributed by atoms with Gasteiger partial charge < -0.3 is 9.05 Å². The molecule has 1 aromatic carbocycles. The summed E-state index contributed by atoms with van der Waals surface area (Å²) in [4.78, 5) is 11.3. The molecule has 9 heteroatoms. The summed E-state index contributed by atoms with van der Waals surface area (Å²) < 4.78 is 24.4. The Bertz CT molecular complexity index is 1090. The third-order valence-electron chi connectivity index (χ3n) is 4.99. The van der Waals surface area contributed by atoms with Gasteiger partial charge in [-0.3, -0.25) is 4.90 Å². The number of piperidine rings is 1. The number of thiophene rings is 1. The second kappa shape index (κ2) is 7.84. The molecule has 4 heterocycles. The van der Waals surface area contributed by atoms with Crippen molar-refractivity contribution in [2.45, 2.75) is 25.3 Å². The lowest BCUT2D eigenvalue weighted by atomic mass is 9.98. The fourth-order valence-electron chi connectivity index (χ4n) is 3.57. The van der Waals surface area contributed by atoms with E-state index in [1.165, 1.54) is 12.1 Å². The van der Waals surface area contributed by atoms with Crippen LogP contribution in [0.1, 0.15) is 30.5 Å². The van der Waals surface area contributed by atoms with Crippen LogP contribution in [0.25, 0.3) is 22.8 Å². The first-order valence-corrected chi connectivity index (χ1v) is 10.4. The van der Waals surface area contributed by atoms with E-state index in [1.54, 1.807) is 23.5 Å². The van der Waals surface area contributed by atoms with Crippen LogP contribution in [0.3, 0.4) is 0 Å². The molecule has 1 atom stereocenters. The number of rotatable bonds is 5. The average Bonchev–Trinajstić information content (AvgIpc) is 3.49. The summed E-state index contributed by atoms with van der Waals surface area (Å²) in [6.45, 7) is 2.29. The highest BCUT2D eigenvalue weighted by Gasteiger charge is 2.27. The van der Waals surface area contributed by atoms with Crippen LogP contribution in [-0.2, 0) is 6.54 Å². The predicted octanol–water partition coefficient (Wildman–Crippen LogP) is 4.37. The minimum Gasteiger partial charge on any atom is -0.339 e. The summed E-state index contributed by atoms with van der Waals surface area (Å²) in [5.74, 6) is 2.01. The molecule has 1 fully saturated rings. The van der Waals surface area contributed by atoms with E-state index in [-0.39, 0.29) is 11.7 Å². The summed E-state index contributed by atoms with van der Waals surface area (Å²) in [6, 6.07) is 8.18. The molecule has 3 aromatic heterocycles. The molecule has 1 saturated heterocycles. The number of aromatic nitrogens is 4. The lowest BCUT2D eigenvalue weighted by Gasteiger charge is -2.29. The van der Waals surface area contributed by atoms with E-state index in [2.05, 4.69) is 25.2 Å². The maximum absolute atomic E-state index is 13.5. The van der Waals surface area contributed by atoms with Crippen molar-refractivity contribution in [3.63, 3.8) is 0 Å². The van der Waals surface area contributed by atoms with Crippen LogP contribution in [0.15, 0.2) is 50.1 Å². The van der Waals surface area contributed by atoms with Crippen LogP contribution in [0, 0.1) is 5.82 Å². The van der Waals surface area contributed by atoms with Gasteiger partial charge in [-0.25, -0.2) is 4.39 Å². The second-order valence-electron chi connectivity index (χ2n) is 7.06. The Morgan fingerprint density at radius 2 is 2.00 bits per heavy atom. The van der Waals surface area contributed by atoms with Gasteiger partial charge in [-0.05, 0) is 43.0 Å². The number of nitrogens with zero attached hydrogens (tertiary/aromatic N) is 5. The number of benzene rings is 1. The molecule has 0 aliphatic carbocycles. The summed E-state index contributed by atoms with van der Waals surface area (Å²) in [5.41, 5.74) is 1.58. The van der Waals surface area contributed by atoms with Gasteiger partial charge >= 0.3 is 0 Å². The van der Waals surface area contributed by atoms with E-state index in [0.717, 1.165) is 31.5 Å². The minimum absolute atomic E-state index is 0.123. The molecule has 0 bridgehead atoms. The second-order valence-corrected chi connectivity index (χ2v) is 7.84. The van der Waals surface area contributed by atoms with Gasteiger partial charge in [0.2, 0.25) is 23.4 Å². The van der Waals surface area contributed by atoms with Gasteiger partial charge in [0.05, 0.1) is 12.5 Å². The monoisotopic (exact) mass is 411 g/mol. The van der Waals surface area contributed by atoms with Crippen molar-refractivity contribution in [1.82, 2.24) is 25.2 Å². The van der Waals surface area contributed by atoms with Crippen LogP contribution in [0.4, 0.5) is 4.39 Å². The summed E-state index contributed by atoms with van der Waals surface area (Å²) in [6.07, 6.45) is 1.97. The molecule has 5 rings (SSSR count). The fourth-order valence-corrected chi connectivity index (χ4v) is 4.20. The smallest absolute Gasteiger partial charge is 0.241 e. The quantitative estimate of drug-likeness (QED) is 0.482. The first-order valence-electron chi connectivity index (χ1n) is 9.41. The zero-order valence-electron chi connectivity index (χ0n) is 15.5. The highest BCUT2D eigenvalue weighted by molar-refractivity contribution is 7.08. The third kappa shape index (κ3) is 3.96. The summed E-state index contributed by atoms with van der Waals surface area (Å²) in [7, 11) is 0. The molecule has 29 heavy (non-hydrogen) atoms. The summed E-state index contributed by atoms with van der Waals surface area (Å²) in [5, 5.41) is 12.1. The van der Waals surface area contributed by atoms with E-state index in [9.17, 15) is 4.39 Å². The van der Waals surface area contributed by atoms with Crippen molar-refractivity contribution in [2.75, 3.05) is 13.1 Å². The van der Waals surface area contributed by atoms with Crippen molar-refractivity contribution in [2.24, 2.45) is 0 Å². The van der Waals surface area contributed by atoms with Gasteiger partial charge in [-0.1, -0.05) is 22.4 Å². The summed E-state index contributed by atoms with van der Waals surface area (Å²) >= 11 is 1.60. The zero-order chi connectivity index (χ0) is 19.6. The Kier molecular flexibility index (Phi) is 4.91. The van der Waals surface area contributed by atoms with Crippen molar-refractivity contribution >= 4 is 11.3 Å². The Morgan fingerprint density at radius 1 is 1.10 bits per heavy atom. The molecule has 0 spiro atoms. The lowest BCUT2D eigenvalue weighted by Crippen LogP contribution is -2.34. The fraction of sp³-hybridized carbons (Fsp3) is 0.300. The average molecular weight is 411 g/mol. The van der Waals surface area contributed by atoms with Gasteiger partial charge in [0.1, 0.15) is 5.82 Å². The van der Waals surface area contributed by atoms with Gasteiger partial charge in [-0.2, -0.15) is 21.3 Å². The molecule has 0 amide bonds. The first kappa shape index (κ1) is 18.1. The highest BCUT2D eigenvalue weighted by Crippen LogP contribution is 2.28. The molecular formula is C20H18FN5O2S. The van der Waals surface area contributed by atoms with Gasteiger partial charge in [0, 0.05) is 23.1 Å². The van der Waals surface area contributed by atoms with Gasteiger partial charge in [-0.15, -0.1) is 0 Å². The van der Waals surface area contributed by atoms with E-state index in [1.807, 2.05) is 16.8 Å². The molecule has 0 radical (unpaired) electrons. The number of likely N-dealkylation sites (tertiary alicyclic amines) is 1. The van der Waals surface area contributed by atoms with E-state index in [4.69, 9.17) is 9.05 Å². The molecule has 0 N–H and O–H groups in total. The van der Waals surface area contributed by atoms with Crippen LogP contribution in [0.2, 0.25) is 0 Å². The normalized spacial score (nSPS) is 17.6. The molecule has 1 aliphatic rings. The number of hydrogen-bond acceptors (Lipinski definition) is 8. The Labute approximate surface area is 170 Å². The zero-order valence-corrected chi connectivity index (χ0v) is 16.3. The van der Waals surface area contributed by atoms with E-state index >= 15 is 0 Å². The highest BCUT2D eigenvalue weighted by atomic mass is 32.1.